The second kappa shape index (κ2) is 8.04. The summed E-state index contributed by atoms with van der Waals surface area (Å²) in [6, 6.07) is 0. The molecule has 1 rings (SSSR count). The zero-order chi connectivity index (χ0) is 13.4. The summed E-state index contributed by atoms with van der Waals surface area (Å²) in [6.07, 6.45) is 15.6. The van der Waals surface area contributed by atoms with E-state index in [2.05, 4.69) is 56.9 Å². The van der Waals surface area contributed by atoms with Crippen LogP contribution >= 0.6 is 11.8 Å². The molecule has 0 bridgehead atoms. The molecule has 18 heavy (non-hydrogen) atoms. The highest BCUT2D eigenvalue weighted by Gasteiger charge is 2.19. The third-order valence-corrected chi connectivity index (χ3v) is 3.99. The number of thioether (sulfide) groups is 1. The fourth-order valence-electron chi connectivity index (χ4n) is 2.05. The summed E-state index contributed by atoms with van der Waals surface area (Å²) in [4.78, 5) is 1.20. The van der Waals surface area contributed by atoms with Crippen LogP contribution in [0.1, 0.15) is 20.3 Å². The van der Waals surface area contributed by atoms with Crippen molar-refractivity contribution in [3.63, 3.8) is 0 Å². The molecule has 98 valence electrons. The van der Waals surface area contributed by atoms with Gasteiger partial charge >= 0.3 is 0 Å². The van der Waals surface area contributed by atoms with E-state index in [1.165, 1.54) is 4.91 Å². The first kappa shape index (κ1) is 14.9. The summed E-state index contributed by atoms with van der Waals surface area (Å²) >= 11 is 1.64. The predicted molar refractivity (Wildman–Crippen MR) is 83.9 cm³/mol. The molecule has 0 aliphatic heterocycles. The standard InChI is InChI=1S/C16H23NS/c1-13(2)16(14(3)18-11-10-17)12-15-8-6-4-5-7-9-15/h4-11,13,15-16H,3,12,17H2,1-2H3/b11-10-. The minimum Gasteiger partial charge on any atom is -0.404 e. The van der Waals surface area contributed by atoms with E-state index in [1.54, 1.807) is 18.0 Å². The molecule has 1 atom stereocenters. The second-order valence-corrected chi connectivity index (χ2v) is 5.85. The third-order valence-electron chi connectivity index (χ3n) is 3.09. The van der Waals surface area contributed by atoms with Gasteiger partial charge in [-0.15, -0.1) is 11.8 Å². The van der Waals surface area contributed by atoms with Crippen LogP contribution in [0.4, 0.5) is 0 Å². The highest BCUT2D eigenvalue weighted by molar-refractivity contribution is 8.05. The molecule has 1 nitrogen and oxygen atoms in total. The van der Waals surface area contributed by atoms with Crippen LogP contribution in [-0.4, -0.2) is 0 Å². The van der Waals surface area contributed by atoms with Crippen LogP contribution < -0.4 is 5.73 Å². The van der Waals surface area contributed by atoms with Crippen molar-refractivity contribution < 1.29 is 0 Å². The maximum Gasteiger partial charge on any atom is 0.000533 e. The number of hydrogen-bond acceptors (Lipinski definition) is 2. The lowest BCUT2D eigenvalue weighted by Gasteiger charge is -2.24. The fraction of sp³-hybridized carbons (Fsp3) is 0.375. The minimum atomic E-state index is 0.492. The van der Waals surface area contributed by atoms with E-state index in [1.807, 2.05) is 5.41 Å². The fourth-order valence-corrected chi connectivity index (χ4v) is 2.84. The quantitative estimate of drug-likeness (QED) is 0.754. The Hall–Kier alpha value is -1.15. The Balaban J connectivity index is 2.65. The van der Waals surface area contributed by atoms with E-state index in [4.69, 9.17) is 5.73 Å². The molecule has 2 N–H and O–H groups in total. The monoisotopic (exact) mass is 261 g/mol. The van der Waals surface area contributed by atoms with Crippen molar-refractivity contribution in [2.75, 3.05) is 0 Å². The Morgan fingerprint density at radius 1 is 1.28 bits per heavy atom. The van der Waals surface area contributed by atoms with Gasteiger partial charge in [-0.25, -0.2) is 0 Å². The van der Waals surface area contributed by atoms with Crippen LogP contribution in [0.3, 0.4) is 0 Å². The lowest BCUT2D eigenvalue weighted by Crippen LogP contribution is -2.13. The second-order valence-electron chi connectivity index (χ2n) is 4.82. The van der Waals surface area contributed by atoms with Crippen molar-refractivity contribution in [3.8, 4) is 0 Å². The molecule has 2 heteroatoms. The van der Waals surface area contributed by atoms with Crippen molar-refractivity contribution in [1.29, 1.82) is 0 Å². The molecule has 0 aromatic heterocycles. The molecule has 0 aromatic rings. The van der Waals surface area contributed by atoms with Crippen LogP contribution in [-0.2, 0) is 0 Å². The van der Waals surface area contributed by atoms with Crippen LogP contribution in [0.25, 0.3) is 0 Å². The summed E-state index contributed by atoms with van der Waals surface area (Å²) in [6.45, 7) is 8.70. The summed E-state index contributed by atoms with van der Waals surface area (Å²) in [5.41, 5.74) is 5.38. The minimum absolute atomic E-state index is 0.492. The molecule has 0 spiro atoms. The Morgan fingerprint density at radius 3 is 2.39 bits per heavy atom. The van der Waals surface area contributed by atoms with Crippen molar-refractivity contribution in [2.45, 2.75) is 20.3 Å². The van der Waals surface area contributed by atoms with Gasteiger partial charge in [0.1, 0.15) is 0 Å². The maximum atomic E-state index is 5.38. The van der Waals surface area contributed by atoms with Gasteiger partial charge < -0.3 is 5.73 Å². The highest BCUT2D eigenvalue weighted by atomic mass is 32.2. The van der Waals surface area contributed by atoms with E-state index in [0.717, 1.165) is 6.42 Å². The Labute approximate surface area is 115 Å². The molecular weight excluding hydrogens is 238 g/mol. The van der Waals surface area contributed by atoms with Gasteiger partial charge in [-0.3, -0.25) is 0 Å². The molecule has 1 aliphatic rings. The smallest absolute Gasteiger partial charge is 0.000533 e. The van der Waals surface area contributed by atoms with Gasteiger partial charge in [0.25, 0.3) is 0 Å². The lowest BCUT2D eigenvalue weighted by atomic mass is 9.86. The van der Waals surface area contributed by atoms with Gasteiger partial charge in [-0.2, -0.15) is 0 Å². The molecule has 0 saturated heterocycles. The van der Waals surface area contributed by atoms with E-state index < -0.39 is 0 Å². The van der Waals surface area contributed by atoms with Crippen LogP contribution in [0.5, 0.6) is 0 Å². The molecule has 1 unspecified atom stereocenters. The maximum absolute atomic E-state index is 5.38. The molecule has 0 radical (unpaired) electrons. The predicted octanol–water partition coefficient (Wildman–Crippen LogP) is 4.62. The molecule has 0 saturated carbocycles. The van der Waals surface area contributed by atoms with Crippen molar-refractivity contribution in [2.24, 2.45) is 23.5 Å². The van der Waals surface area contributed by atoms with Gasteiger partial charge in [-0.1, -0.05) is 56.9 Å². The Kier molecular flexibility index (Phi) is 6.66. The van der Waals surface area contributed by atoms with Crippen molar-refractivity contribution >= 4 is 11.8 Å². The van der Waals surface area contributed by atoms with Gasteiger partial charge in [0.05, 0.1) is 0 Å². The first-order valence-electron chi connectivity index (χ1n) is 6.39. The van der Waals surface area contributed by atoms with E-state index >= 15 is 0 Å². The number of nitrogens with two attached hydrogens (primary N) is 1. The molecule has 0 fully saturated rings. The SMILES string of the molecule is C=C(S/C=C\N)C(CC1C=CC=CC=C1)C(C)C. The largest absolute Gasteiger partial charge is 0.404 e. The van der Waals surface area contributed by atoms with E-state index in [-0.39, 0.29) is 0 Å². The van der Waals surface area contributed by atoms with E-state index in [0.29, 0.717) is 17.8 Å². The molecule has 0 amide bonds. The molecular formula is C16H23NS. The summed E-state index contributed by atoms with van der Waals surface area (Å²) < 4.78 is 0. The van der Waals surface area contributed by atoms with Gasteiger partial charge in [-0.05, 0) is 34.5 Å². The number of allylic oxidation sites excluding steroid dienone is 7. The average Bonchev–Trinajstić information content (AvgIpc) is 2.61. The third kappa shape index (κ3) is 5.01. The molecule has 0 heterocycles. The van der Waals surface area contributed by atoms with Gasteiger partial charge in [0.15, 0.2) is 0 Å². The molecule has 1 aliphatic carbocycles. The summed E-state index contributed by atoms with van der Waals surface area (Å²) in [5.74, 6) is 1.59. The summed E-state index contributed by atoms with van der Waals surface area (Å²) in [5, 5.41) is 1.90. The Bertz CT molecular complexity index is 359. The van der Waals surface area contributed by atoms with Crippen LogP contribution in [0, 0.1) is 17.8 Å². The van der Waals surface area contributed by atoms with E-state index in [9.17, 15) is 0 Å². The van der Waals surface area contributed by atoms with Gasteiger partial charge in [0, 0.05) is 6.20 Å². The van der Waals surface area contributed by atoms with Gasteiger partial charge in [0.2, 0.25) is 0 Å². The zero-order valence-corrected chi connectivity index (χ0v) is 12.1. The first-order valence-corrected chi connectivity index (χ1v) is 7.27. The van der Waals surface area contributed by atoms with Crippen LogP contribution in [0.15, 0.2) is 59.5 Å². The van der Waals surface area contributed by atoms with Crippen LogP contribution in [0.2, 0.25) is 0 Å². The zero-order valence-electron chi connectivity index (χ0n) is 11.3. The first-order chi connectivity index (χ1) is 8.65. The molecule has 0 aromatic carbocycles. The number of rotatable bonds is 6. The average molecular weight is 261 g/mol. The lowest BCUT2D eigenvalue weighted by molar-refractivity contribution is 0.407. The number of hydrogen-bond donors (Lipinski definition) is 1. The van der Waals surface area contributed by atoms with Crippen molar-refractivity contribution in [1.82, 2.24) is 0 Å². The Morgan fingerprint density at radius 2 is 1.89 bits per heavy atom. The topological polar surface area (TPSA) is 26.0 Å². The van der Waals surface area contributed by atoms with Crippen molar-refractivity contribution in [3.05, 3.63) is 59.5 Å². The highest BCUT2D eigenvalue weighted by Crippen LogP contribution is 2.34. The summed E-state index contributed by atoms with van der Waals surface area (Å²) in [7, 11) is 0. The normalized spacial score (nSPS) is 17.5.